The molecule has 1 amide bonds. The minimum Gasteiger partial charge on any atom is -0.394 e. The lowest BCUT2D eigenvalue weighted by Crippen LogP contribution is -2.49. The average molecular weight is 708 g/mol. The normalized spacial score (nSPS) is 13.6. The van der Waals surface area contributed by atoms with Gasteiger partial charge in [-0.05, 0) is 38.5 Å². The number of carbonyl (C=O) groups is 1. The summed E-state index contributed by atoms with van der Waals surface area (Å²) in [5.41, 5.74) is 0. The molecule has 0 bridgehead atoms. The summed E-state index contributed by atoms with van der Waals surface area (Å²) < 4.78 is 0. The topological polar surface area (TPSA) is 89.8 Å². The molecule has 0 saturated heterocycles. The Kier molecular flexibility index (Phi) is 40.1. The van der Waals surface area contributed by atoms with E-state index in [2.05, 4.69) is 31.3 Å². The Labute approximate surface area is 312 Å². The second-order valence-electron chi connectivity index (χ2n) is 15.6. The summed E-state index contributed by atoms with van der Waals surface area (Å²) in [6.45, 7) is 4.21. The molecule has 0 spiro atoms. The van der Waals surface area contributed by atoms with Gasteiger partial charge in [-0.25, -0.2) is 0 Å². The van der Waals surface area contributed by atoms with Crippen LogP contribution in [0, 0.1) is 0 Å². The Morgan fingerprint density at radius 1 is 0.460 bits per heavy atom. The van der Waals surface area contributed by atoms with Crippen molar-refractivity contribution in [3.63, 3.8) is 0 Å². The lowest BCUT2D eigenvalue weighted by atomic mass is 10.0. The molecule has 0 rings (SSSR count). The highest BCUT2D eigenvalue weighted by atomic mass is 16.3. The lowest BCUT2D eigenvalue weighted by molar-refractivity contribution is -0.131. The van der Waals surface area contributed by atoms with Crippen LogP contribution in [0.25, 0.3) is 0 Å². The number of allylic oxidation sites excluding steroid dienone is 2. The zero-order chi connectivity index (χ0) is 36.6. The van der Waals surface area contributed by atoms with E-state index in [0.717, 1.165) is 44.9 Å². The van der Waals surface area contributed by atoms with Gasteiger partial charge in [-0.15, -0.1) is 0 Å². The van der Waals surface area contributed by atoms with E-state index in [9.17, 15) is 20.1 Å². The van der Waals surface area contributed by atoms with Gasteiger partial charge in [-0.2, -0.15) is 0 Å². The smallest absolute Gasteiger partial charge is 0.249 e. The summed E-state index contributed by atoms with van der Waals surface area (Å²) in [6.07, 6.45) is 48.0. The maximum atomic E-state index is 12.4. The SMILES string of the molecule is CCCCC/C=C\CCCCCCC(O)C(=O)NC(CO)C(O)CCCCCCCCCCCCCCCCCCCCCCCCCCC. The van der Waals surface area contributed by atoms with Gasteiger partial charge < -0.3 is 20.6 Å². The van der Waals surface area contributed by atoms with E-state index in [0.29, 0.717) is 12.8 Å². The Bertz CT molecular complexity index is 699. The van der Waals surface area contributed by atoms with Crippen molar-refractivity contribution in [1.29, 1.82) is 0 Å². The first kappa shape index (κ1) is 49.1. The standard InChI is InChI=1S/C45H89NO4/c1-3-5-7-9-11-13-15-16-17-18-19-20-21-22-23-24-25-26-27-28-30-31-33-35-37-39-43(48)42(41-47)46-45(50)44(49)40-38-36-34-32-29-14-12-10-8-6-4-2/h12,14,42-44,47-49H,3-11,13,15-41H2,1-2H3,(H,46,50)/b14-12-. The molecule has 0 aliphatic heterocycles. The van der Waals surface area contributed by atoms with Crippen LogP contribution >= 0.6 is 0 Å². The fraction of sp³-hybridized carbons (Fsp3) is 0.933. The third kappa shape index (κ3) is 35.5. The third-order valence-corrected chi connectivity index (χ3v) is 10.6. The van der Waals surface area contributed by atoms with Gasteiger partial charge in [-0.1, -0.05) is 219 Å². The summed E-state index contributed by atoms with van der Waals surface area (Å²) in [6, 6.07) is -0.712. The molecule has 4 N–H and O–H groups in total. The van der Waals surface area contributed by atoms with Crippen LogP contribution in [0.2, 0.25) is 0 Å². The van der Waals surface area contributed by atoms with Gasteiger partial charge in [0, 0.05) is 0 Å². The fourth-order valence-electron chi connectivity index (χ4n) is 7.07. The lowest BCUT2D eigenvalue weighted by Gasteiger charge is -2.23. The molecule has 0 saturated carbocycles. The molecule has 0 heterocycles. The van der Waals surface area contributed by atoms with Gasteiger partial charge in [0.05, 0.1) is 18.8 Å². The molecule has 5 heteroatoms. The van der Waals surface area contributed by atoms with Gasteiger partial charge in [0.1, 0.15) is 6.10 Å². The van der Waals surface area contributed by atoms with E-state index in [1.807, 2.05) is 0 Å². The van der Waals surface area contributed by atoms with Crippen LogP contribution in [0.4, 0.5) is 0 Å². The quantitative estimate of drug-likeness (QED) is 0.0376. The predicted molar refractivity (Wildman–Crippen MR) is 218 cm³/mol. The van der Waals surface area contributed by atoms with Crippen molar-refractivity contribution >= 4 is 5.91 Å². The van der Waals surface area contributed by atoms with E-state index in [1.165, 1.54) is 173 Å². The Morgan fingerprint density at radius 3 is 1.14 bits per heavy atom. The van der Waals surface area contributed by atoms with Gasteiger partial charge in [0.2, 0.25) is 5.91 Å². The zero-order valence-electron chi connectivity index (χ0n) is 33.8. The van der Waals surface area contributed by atoms with E-state index >= 15 is 0 Å². The van der Waals surface area contributed by atoms with Crippen LogP contribution in [0.5, 0.6) is 0 Å². The minimum atomic E-state index is -1.08. The van der Waals surface area contributed by atoms with Crippen LogP contribution in [-0.4, -0.2) is 46.1 Å². The Morgan fingerprint density at radius 2 is 0.760 bits per heavy atom. The minimum absolute atomic E-state index is 0.314. The van der Waals surface area contributed by atoms with Crippen molar-refractivity contribution in [2.75, 3.05) is 6.61 Å². The van der Waals surface area contributed by atoms with Crippen LogP contribution in [0.15, 0.2) is 12.2 Å². The number of rotatable bonds is 41. The molecule has 298 valence electrons. The molecule has 3 unspecified atom stereocenters. The summed E-state index contributed by atoms with van der Waals surface area (Å²) in [4.78, 5) is 12.4. The molecule has 0 fully saturated rings. The maximum Gasteiger partial charge on any atom is 0.249 e. The zero-order valence-corrected chi connectivity index (χ0v) is 33.8. The van der Waals surface area contributed by atoms with Crippen molar-refractivity contribution in [1.82, 2.24) is 5.32 Å². The molecule has 0 aliphatic carbocycles. The number of hydrogen-bond acceptors (Lipinski definition) is 4. The van der Waals surface area contributed by atoms with Crippen LogP contribution in [-0.2, 0) is 4.79 Å². The Balaban J connectivity index is 3.53. The molecule has 0 aliphatic rings. The van der Waals surface area contributed by atoms with Gasteiger partial charge in [0.25, 0.3) is 0 Å². The molecular formula is C45H89NO4. The van der Waals surface area contributed by atoms with Gasteiger partial charge in [0.15, 0.2) is 0 Å². The number of nitrogens with one attached hydrogen (secondary N) is 1. The van der Waals surface area contributed by atoms with E-state index in [4.69, 9.17) is 0 Å². The largest absolute Gasteiger partial charge is 0.394 e. The van der Waals surface area contributed by atoms with E-state index in [1.54, 1.807) is 0 Å². The molecular weight excluding hydrogens is 618 g/mol. The third-order valence-electron chi connectivity index (χ3n) is 10.6. The maximum absolute atomic E-state index is 12.4. The van der Waals surface area contributed by atoms with E-state index in [-0.39, 0.29) is 6.61 Å². The number of aliphatic hydroxyl groups is 3. The predicted octanol–water partition coefficient (Wildman–Crippen LogP) is 12.8. The number of aliphatic hydroxyl groups excluding tert-OH is 3. The Hall–Kier alpha value is -0.910. The first-order valence-corrected chi connectivity index (χ1v) is 22.5. The highest BCUT2D eigenvalue weighted by Crippen LogP contribution is 2.17. The highest BCUT2D eigenvalue weighted by Gasteiger charge is 2.23. The van der Waals surface area contributed by atoms with Crippen molar-refractivity contribution in [2.45, 2.75) is 263 Å². The number of amides is 1. The van der Waals surface area contributed by atoms with E-state index < -0.39 is 24.2 Å². The second-order valence-corrected chi connectivity index (χ2v) is 15.6. The summed E-state index contributed by atoms with van der Waals surface area (Å²) in [7, 11) is 0. The number of carbonyl (C=O) groups excluding carboxylic acids is 1. The first-order valence-electron chi connectivity index (χ1n) is 22.5. The number of hydrogen-bond donors (Lipinski definition) is 4. The molecule has 3 atom stereocenters. The van der Waals surface area contributed by atoms with Crippen LogP contribution in [0.3, 0.4) is 0 Å². The fourth-order valence-corrected chi connectivity index (χ4v) is 7.07. The van der Waals surface area contributed by atoms with Crippen molar-refractivity contribution in [3.05, 3.63) is 12.2 Å². The van der Waals surface area contributed by atoms with Crippen LogP contribution in [0.1, 0.15) is 245 Å². The highest BCUT2D eigenvalue weighted by molar-refractivity contribution is 5.80. The molecule has 5 nitrogen and oxygen atoms in total. The van der Waals surface area contributed by atoms with Gasteiger partial charge >= 0.3 is 0 Å². The van der Waals surface area contributed by atoms with Crippen molar-refractivity contribution < 1.29 is 20.1 Å². The summed E-state index contributed by atoms with van der Waals surface area (Å²) in [5.74, 6) is -0.479. The van der Waals surface area contributed by atoms with Crippen LogP contribution < -0.4 is 5.32 Å². The number of unbranched alkanes of at least 4 members (excludes halogenated alkanes) is 31. The molecule has 0 aromatic rings. The second kappa shape index (κ2) is 40.9. The molecule has 0 aromatic heterocycles. The van der Waals surface area contributed by atoms with Gasteiger partial charge in [-0.3, -0.25) is 4.79 Å². The monoisotopic (exact) mass is 708 g/mol. The summed E-state index contributed by atoms with van der Waals surface area (Å²) >= 11 is 0. The first-order chi connectivity index (χ1) is 24.6. The van der Waals surface area contributed by atoms with Crippen molar-refractivity contribution in [3.8, 4) is 0 Å². The molecule has 0 aromatic carbocycles. The molecule has 50 heavy (non-hydrogen) atoms. The summed E-state index contributed by atoms with van der Waals surface area (Å²) in [5, 5.41) is 33.2. The molecule has 0 radical (unpaired) electrons. The average Bonchev–Trinajstić information content (AvgIpc) is 3.12. The van der Waals surface area contributed by atoms with Crippen molar-refractivity contribution in [2.24, 2.45) is 0 Å².